The zero-order valence-corrected chi connectivity index (χ0v) is 21.9. The number of aromatic nitrogens is 4. The summed E-state index contributed by atoms with van der Waals surface area (Å²) in [6, 6.07) is 22.6. The molecule has 0 saturated heterocycles. The van der Waals surface area contributed by atoms with Gasteiger partial charge in [-0.25, -0.2) is 9.78 Å². The smallest absolute Gasteiger partial charge is 0.439 e. The van der Waals surface area contributed by atoms with Gasteiger partial charge in [0.15, 0.2) is 5.82 Å². The molecule has 2 heterocycles. The van der Waals surface area contributed by atoms with Crippen LogP contribution < -0.4 is 20.8 Å². The molecule has 5 rings (SSSR count). The van der Waals surface area contributed by atoms with Crippen molar-refractivity contribution in [1.82, 2.24) is 19.7 Å². The van der Waals surface area contributed by atoms with Crippen molar-refractivity contribution in [1.29, 1.82) is 0 Å². The molecule has 0 aliphatic heterocycles. The quantitative estimate of drug-likeness (QED) is 0.276. The van der Waals surface area contributed by atoms with Crippen LogP contribution >= 0.6 is 0 Å². The van der Waals surface area contributed by atoms with Crippen molar-refractivity contribution in [3.8, 4) is 39.8 Å². The first kappa shape index (κ1) is 25.7. The van der Waals surface area contributed by atoms with Crippen LogP contribution in [-0.4, -0.2) is 26.8 Å². The minimum atomic E-state index is -0.640. The molecule has 0 aliphatic carbocycles. The Kier molecular flexibility index (Phi) is 7.40. The third-order valence-corrected chi connectivity index (χ3v) is 6.33. The van der Waals surface area contributed by atoms with Crippen LogP contribution in [0.1, 0.15) is 30.4 Å². The van der Waals surface area contributed by atoms with E-state index in [-0.39, 0.29) is 17.9 Å². The summed E-state index contributed by atoms with van der Waals surface area (Å²) in [5.74, 6) is 1.71. The van der Waals surface area contributed by atoms with Crippen LogP contribution in [0.4, 0.5) is 0 Å². The summed E-state index contributed by atoms with van der Waals surface area (Å²) in [6.07, 6.45) is 1.45. The van der Waals surface area contributed by atoms with Gasteiger partial charge >= 0.3 is 5.76 Å². The van der Waals surface area contributed by atoms with E-state index in [1.54, 1.807) is 42.9 Å². The predicted molar refractivity (Wildman–Crippen MR) is 147 cm³/mol. The summed E-state index contributed by atoms with van der Waals surface area (Å²) >= 11 is 0. The van der Waals surface area contributed by atoms with E-state index >= 15 is 0 Å². The lowest BCUT2D eigenvalue weighted by molar-refractivity contribution is 0.388. The van der Waals surface area contributed by atoms with Gasteiger partial charge in [-0.1, -0.05) is 54.5 Å². The topological polar surface area (TPSA) is 112 Å². The first-order valence-electron chi connectivity index (χ1n) is 12.6. The van der Waals surface area contributed by atoms with Crippen LogP contribution in [0, 0.1) is 6.92 Å². The predicted octanol–water partition coefficient (Wildman–Crippen LogP) is 5.36. The third kappa shape index (κ3) is 5.52. The van der Waals surface area contributed by atoms with E-state index in [0.29, 0.717) is 40.8 Å². The maximum atomic E-state index is 13.8. The fourth-order valence-electron chi connectivity index (χ4n) is 4.44. The van der Waals surface area contributed by atoms with Crippen molar-refractivity contribution in [2.45, 2.75) is 33.2 Å². The lowest BCUT2D eigenvalue weighted by Gasteiger charge is -2.17. The van der Waals surface area contributed by atoms with Gasteiger partial charge in [-0.15, -0.1) is 0 Å². The molecule has 9 heteroatoms. The minimum absolute atomic E-state index is 0.169. The van der Waals surface area contributed by atoms with Crippen LogP contribution in [0.5, 0.6) is 17.2 Å². The van der Waals surface area contributed by atoms with Gasteiger partial charge in [0.2, 0.25) is 5.75 Å². The Labute approximate surface area is 224 Å². The first-order chi connectivity index (χ1) is 19.0. The molecule has 39 heavy (non-hydrogen) atoms. The summed E-state index contributed by atoms with van der Waals surface area (Å²) in [5.41, 5.74) is 3.59. The van der Waals surface area contributed by atoms with Gasteiger partial charge < -0.3 is 9.47 Å². The second kappa shape index (κ2) is 11.2. The molecule has 3 aromatic carbocycles. The molecule has 9 nitrogen and oxygen atoms in total. The number of H-pyrrole nitrogens is 1. The lowest BCUT2D eigenvalue weighted by Crippen LogP contribution is -2.27. The van der Waals surface area contributed by atoms with Gasteiger partial charge in [-0.05, 0) is 60.4 Å². The van der Waals surface area contributed by atoms with E-state index in [1.165, 1.54) is 0 Å². The Morgan fingerprint density at radius 3 is 2.36 bits per heavy atom. The van der Waals surface area contributed by atoms with E-state index in [0.717, 1.165) is 23.1 Å². The number of nitrogens with zero attached hydrogens (tertiary/aromatic N) is 3. The Hall–Kier alpha value is -4.92. The van der Waals surface area contributed by atoms with Crippen LogP contribution in [-0.2, 0) is 13.0 Å². The van der Waals surface area contributed by atoms with Crippen molar-refractivity contribution in [3.05, 3.63) is 111 Å². The molecule has 0 bridgehead atoms. The van der Waals surface area contributed by atoms with E-state index in [9.17, 15) is 9.59 Å². The van der Waals surface area contributed by atoms with Crippen molar-refractivity contribution in [2.24, 2.45) is 0 Å². The highest BCUT2D eigenvalue weighted by Crippen LogP contribution is 2.31. The molecule has 0 spiro atoms. The molecule has 0 radical (unpaired) electrons. The summed E-state index contributed by atoms with van der Waals surface area (Å²) in [5, 5.41) is 3.92. The molecule has 0 amide bonds. The van der Waals surface area contributed by atoms with Crippen molar-refractivity contribution in [3.63, 3.8) is 0 Å². The molecular weight excluding hydrogens is 496 g/mol. The number of benzene rings is 3. The largest absolute Gasteiger partial charge is 0.497 e. The zero-order chi connectivity index (χ0) is 27.4. The lowest BCUT2D eigenvalue weighted by atomic mass is 9.97. The normalized spacial score (nSPS) is 10.9. The average Bonchev–Trinajstić information content (AvgIpc) is 3.40. The number of aromatic amines is 1. The van der Waals surface area contributed by atoms with Gasteiger partial charge in [0.1, 0.15) is 17.3 Å². The molecule has 1 N–H and O–H groups in total. The maximum Gasteiger partial charge on any atom is 0.439 e. The summed E-state index contributed by atoms with van der Waals surface area (Å²) in [4.78, 5) is 32.9. The Bertz CT molecular complexity index is 1700. The van der Waals surface area contributed by atoms with Gasteiger partial charge in [0, 0.05) is 12.0 Å². The number of hydrogen-bond donors (Lipinski definition) is 1. The fraction of sp³-hybridized carbons (Fsp3) is 0.200. The van der Waals surface area contributed by atoms with Crippen molar-refractivity contribution < 1.29 is 14.0 Å². The Balaban J connectivity index is 1.57. The highest BCUT2D eigenvalue weighted by Gasteiger charge is 2.18. The highest BCUT2D eigenvalue weighted by atomic mass is 16.5. The second-order valence-electron chi connectivity index (χ2n) is 9.05. The van der Waals surface area contributed by atoms with Crippen molar-refractivity contribution in [2.75, 3.05) is 7.11 Å². The molecule has 0 atom stereocenters. The average molecular weight is 525 g/mol. The Morgan fingerprint density at radius 2 is 1.69 bits per heavy atom. The molecule has 0 saturated carbocycles. The Morgan fingerprint density at radius 1 is 0.949 bits per heavy atom. The van der Waals surface area contributed by atoms with E-state index in [1.807, 2.05) is 55.5 Å². The SMILES string of the molecule is CCCc1nc(C)c(Oc2ccc(OC)cc2)c(=O)n1Cc1ccc(-c2ccccc2)c(-c2noc(=O)[nH]2)c1. The molecular formula is C30H28N4O5. The van der Waals surface area contributed by atoms with Gasteiger partial charge in [0.05, 0.1) is 19.3 Å². The molecule has 198 valence electrons. The fourth-order valence-corrected chi connectivity index (χ4v) is 4.44. The second-order valence-corrected chi connectivity index (χ2v) is 9.05. The van der Waals surface area contributed by atoms with Gasteiger partial charge in [0.25, 0.3) is 5.56 Å². The number of methoxy groups -OCH3 is 1. The van der Waals surface area contributed by atoms with Gasteiger partial charge in [-0.3, -0.25) is 18.9 Å². The molecule has 0 aliphatic rings. The maximum absolute atomic E-state index is 13.8. The molecule has 5 aromatic rings. The third-order valence-electron chi connectivity index (χ3n) is 6.33. The van der Waals surface area contributed by atoms with E-state index < -0.39 is 5.76 Å². The van der Waals surface area contributed by atoms with Crippen LogP contribution in [0.2, 0.25) is 0 Å². The van der Waals surface area contributed by atoms with E-state index in [2.05, 4.69) is 10.1 Å². The van der Waals surface area contributed by atoms with Crippen molar-refractivity contribution >= 4 is 0 Å². The molecule has 0 unspecified atom stereocenters. The standard InChI is InChI=1S/C30H28N4O5/c1-4-8-26-31-19(2)27(38-23-14-12-22(37-3)13-15-23)29(35)34(26)18-20-11-16-24(21-9-6-5-7-10-21)25(17-20)28-32-30(36)39-33-28/h5-7,9-17H,4,8,18H2,1-3H3,(H,32,33,36). The molecule has 2 aromatic heterocycles. The number of hydrogen-bond acceptors (Lipinski definition) is 7. The van der Waals surface area contributed by atoms with Crippen LogP contribution in [0.3, 0.4) is 0 Å². The first-order valence-corrected chi connectivity index (χ1v) is 12.6. The minimum Gasteiger partial charge on any atom is -0.497 e. The number of ether oxygens (including phenoxy) is 2. The summed E-state index contributed by atoms with van der Waals surface area (Å²) in [6.45, 7) is 4.07. The van der Waals surface area contributed by atoms with E-state index in [4.69, 9.17) is 19.0 Å². The zero-order valence-electron chi connectivity index (χ0n) is 21.9. The van der Waals surface area contributed by atoms with Crippen LogP contribution in [0.15, 0.2) is 86.9 Å². The number of nitrogens with one attached hydrogen (secondary N) is 1. The van der Waals surface area contributed by atoms with Gasteiger partial charge in [-0.2, -0.15) is 0 Å². The monoisotopic (exact) mass is 524 g/mol. The summed E-state index contributed by atoms with van der Waals surface area (Å²) < 4.78 is 17.6. The number of rotatable bonds is 9. The summed E-state index contributed by atoms with van der Waals surface area (Å²) in [7, 11) is 1.59. The highest BCUT2D eigenvalue weighted by molar-refractivity contribution is 5.80. The van der Waals surface area contributed by atoms with Crippen LogP contribution in [0.25, 0.3) is 22.5 Å². The molecule has 0 fully saturated rings. The number of aryl methyl sites for hydroxylation is 2.